The van der Waals surface area contributed by atoms with Crippen LogP contribution in [-0.4, -0.2) is 42.5 Å². The zero-order chi connectivity index (χ0) is 29.0. The van der Waals surface area contributed by atoms with E-state index in [9.17, 15) is 14.4 Å². The Kier molecular flexibility index (Phi) is 8.22. The summed E-state index contributed by atoms with van der Waals surface area (Å²) in [5.41, 5.74) is 7.33. The van der Waals surface area contributed by atoms with Crippen LogP contribution in [0.5, 0.6) is 0 Å². The largest absolute Gasteiger partial charge is 0.417 e. The highest BCUT2D eigenvalue weighted by Crippen LogP contribution is 2.29. The minimum absolute atomic E-state index is 0.220. The highest BCUT2D eigenvalue weighted by Gasteiger charge is 2.35. The molecular formula is C29H33N7O4. The maximum absolute atomic E-state index is 13.4. The number of nitrogens with one attached hydrogen (secondary N) is 1. The number of carbonyl (C=O) groups excluding carboxylic acids is 2. The maximum Gasteiger partial charge on any atom is 0.294 e. The van der Waals surface area contributed by atoms with E-state index in [1.54, 1.807) is 32.2 Å². The van der Waals surface area contributed by atoms with Gasteiger partial charge in [0, 0.05) is 6.20 Å². The van der Waals surface area contributed by atoms with Gasteiger partial charge in [-0.3, -0.25) is 23.9 Å². The minimum Gasteiger partial charge on any atom is -0.417 e. The molecule has 0 bridgehead atoms. The van der Waals surface area contributed by atoms with E-state index in [0.717, 1.165) is 17.7 Å². The number of Topliss-reactive ketones (excluding diaryl/α,β-unsaturated/α-hetero) is 1. The molecule has 3 N–H and O–H groups in total. The van der Waals surface area contributed by atoms with Crippen molar-refractivity contribution >= 4 is 17.5 Å². The third-order valence-corrected chi connectivity index (χ3v) is 6.76. The van der Waals surface area contributed by atoms with Crippen molar-refractivity contribution in [3.63, 3.8) is 0 Å². The lowest BCUT2D eigenvalue weighted by Crippen LogP contribution is -2.46. The number of anilines is 1. The summed E-state index contributed by atoms with van der Waals surface area (Å²) >= 11 is 0. The first kappa shape index (κ1) is 28.3. The number of rotatable bonds is 10. The second-order valence-corrected chi connectivity index (χ2v) is 10.4. The Balaban J connectivity index is 1.55. The molecule has 3 heterocycles. The summed E-state index contributed by atoms with van der Waals surface area (Å²) in [6.45, 7) is 9.02. The topological polar surface area (TPSA) is 159 Å². The number of nitrogen functional groups attached to an aromatic ring is 1. The predicted octanol–water partition coefficient (Wildman–Crippen LogP) is 3.18. The number of ketones is 1. The normalized spacial score (nSPS) is 12.3. The summed E-state index contributed by atoms with van der Waals surface area (Å²) in [6.07, 6.45) is 4.11. The first-order chi connectivity index (χ1) is 19.0. The molecule has 0 aliphatic carbocycles. The molecule has 1 atom stereocenters. The number of hydrogen-bond donors (Lipinski definition) is 2. The van der Waals surface area contributed by atoms with E-state index in [2.05, 4.69) is 32.4 Å². The molecule has 4 rings (SSSR count). The summed E-state index contributed by atoms with van der Waals surface area (Å²) in [5.74, 6) is -1.62. The quantitative estimate of drug-likeness (QED) is 0.286. The molecule has 11 nitrogen and oxygen atoms in total. The summed E-state index contributed by atoms with van der Waals surface area (Å²) in [7, 11) is 0. The Morgan fingerprint density at radius 1 is 1.05 bits per heavy atom. The molecule has 0 radical (unpaired) electrons. The molecule has 0 saturated heterocycles. The Labute approximate surface area is 231 Å². The molecule has 0 spiro atoms. The molecule has 0 unspecified atom stereocenters. The third kappa shape index (κ3) is 5.83. The van der Waals surface area contributed by atoms with E-state index in [-0.39, 0.29) is 30.1 Å². The molecule has 0 aliphatic rings. The summed E-state index contributed by atoms with van der Waals surface area (Å²) in [6, 6.07) is 12.0. The van der Waals surface area contributed by atoms with Gasteiger partial charge in [-0.05, 0) is 43.4 Å². The lowest BCUT2D eigenvalue weighted by Gasteiger charge is -2.21. The van der Waals surface area contributed by atoms with Crippen molar-refractivity contribution in [2.75, 3.05) is 5.73 Å². The van der Waals surface area contributed by atoms with Crippen molar-refractivity contribution in [3.8, 4) is 11.3 Å². The molecule has 40 heavy (non-hydrogen) atoms. The molecule has 4 aromatic rings. The molecule has 0 fully saturated rings. The van der Waals surface area contributed by atoms with E-state index < -0.39 is 28.7 Å². The average Bonchev–Trinajstić information content (AvgIpc) is 3.46. The van der Waals surface area contributed by atoms with Gasteiger partial charge in [-0.2, -0.15) is 0 Å². The number of aryl methyl sites for hydroxylation is 1. The Morgan fingerprint density at radius 2 is 1.77 bits per heavy atom. The van der Waals surface area contributed by atoms with Gasteiger partial charge in [0.1, 0.15) is 6.54 Å². The van der Waals surface area contributed by atoms with Gasteiger partial charge in [0.25, 0.3) is 11.4 Å². The number of aromatic nitrogens is 5. The fourth-order valence-electron chi connectivity index (χ4n) is 4.22. The van der Waals surface area contributed by atoms with Gasteiger partial charge >= 0.3 is 0 Å². The highest BCUT2D eigenvalue weighted by atomic mass is 16.4. The second kappa shape index (κ2) is 11.6. The fourth-order valence-corrected chi connectivity index (χ4v) is 4.22. The third-order valence-electron chi connectivity index (χ3n) is 6.76. The summed E-state index contributed by atoms with van der Waals surface area (Å²) in [5, 5.41) is 10.8. The number of pyridine rings is 1. The average molecular weight is 544 g/mol. The molecule has 0 saturated carbocycles. The van der Waals surface area contributed by atoms with E-state index in [1.165, 1.54) is 10.8 Å². The molecule has 1 aromatic carbocycles. The molecule has 0 aliphatic heterocycles. The standard InChI is InChI=1S/C29H33N7O4/c1-6-18-12-13-21(31-14-18)29(4,5)28-35-34-26(40-28)24(38)23(17(2)3)33-22(37)16-36-20(15-32-25(30)27(36)39)19-10-8-7-9-11-19/h7-15,17,23H,6,16H2,1-5H3,(H2,30,32)(H,33,37)/t23-/m0/s1. The molecule has 208 valence electrons. The lowest BCUT2D eigenvalue weighted by atomic mass is 9.88. The van der Waals surface area contributed by atoms with Crippen LogP contribution in [0.25, 0.3) is 11.3 Å². The minimum atomic E-state index is -0.971. The van der Waals surface area contributed by atoms with Crippen LogP contribution in [0.1, 0.15) is 62.5 Å². The van der Waals surface area contributed by atoms with Gasteiger partial charge in [-0.25, -0.2) is 4.98 Å². The van der Waals surface area contributed by atoms with E-state index in [0.29, 0.717) is 11.3 Å². The fraction of sp³-hybridized carbons (Fsp3) is 0.345. The number of hydrogen-bond acceptors (Lipinski definition) is 9. The lowest BCUT2D eigenvalue weighted by molar-refractivity contribution is -0.122. The van der Waals surface area contributed by atoms with Gasteiger partial charge in [0.05, 0.1) is 29.0 Å². The van der Waals surface area contributed by atoms with Gasteiger partial charge in [0.15, 0.2) is 5.82 Å². The predicted molar refractivity (Wildman–Crippen MR) is 149 cm³/mol. The van der Waals surface area contributed by atoms with Crippen molar-refractivity contribution in [1.82, 2.24) is 30.0 Å². The number of amides is 1. The van der Waals surface area contributed by atoms with Crippen molar-refractivity contribution in [3.05, 3.63) is 88.3 Å². The zero-order valence-electron chi connectivity index (χ0n) is 23.2. The van der Waals surface area contributed by atoms with Crippen LogP contribution in [0, 0.1) is 5.92 Å². The first-order valence-corrected chi connectivity index (χ1v) is 13.1. The van der Waals surface area contributed by atoms with E-state index in [1.807, 2.05) is 44.2 Å². The second-order valence-electron chi connectivity index (χ2n) is 10.4. The van der Waals surface area contributed by atoms with E-state index >= 15 is 0 Å². The van der Waals surface area contributed by atoms with Gasteiger partial charge < -0.3 is 15.5 Å². The summed E-state index contributed by atoms with van der Waals surface area (Å²) in [4.78, 5) is 47.9. The van der Waals surface area contributed by atoms with Crippen LogP contribution in [-0.2, 0) is 23.2 Å². The van der Waals surface area contributed by atoms with Crippen molar-refractivity contribution in [2.24, 2.45) is 5.92 Å². The smallest absolute Gasteiger partial charge is 0.294 e. The Morgan fingerprint density at radius 3 is 2.40 bits per heavy atom. The monoisotopic (exact) mass is 543 g/mol. The summed E-state index contributed by atoms with van der Waals surface area (Å²) < 4.78 is 7.06. The highest BCUT2D eigenvalue weighted by molar-refractivity contribution is 5.98. The van der Waals surface area contributed by atoms with Crippen molar-refractivity contribution < 1.29 is 14.0 Å². The molecule has 1 amide bonds. The van der Waals surface area contributed by atoms with Crippen molar-refractivity contribution in [2.45, 2.75) is 59.0 Å². The number of benzene rings is 1. The Bertz CT molecular complexity index is 1560. The number of nitrogens with two attached hydrogens (primary N) is 1. The maximum atomic E-state index is 13.4. The Hall–Kier alpha value is -4.67. The van der Waals surface area contributed by atoms with Crippen LogP contribution in [0.15, 0.2) is 64.1 Å². The first-order valence-electron chi connectivity index (χ1n) is 13.1. The van der Waals surface area contributed by atoms with Crippen LogP contribution in [0.4, 0.5) is 5.82 Å². The molecule has 11 heteroatoms. The van der Waals surface area contributed by atoms with E-state index in [4.69, 9.17) is 10.2 Å². The van der Waals surface area contributed by atoms with Crippen LogP contribution >= 0.6 is 0 Å². The number of carbonyl (C=O) groups is 2. The van der Waals surface area contributed by atoms with Gasteiger partial charge in [-0.15, -0.1) is 10.2 Å². The van der Waals surface area contributed by atoms with Gasteiger partial charge in [0.2, 0.25) is 17.6 Å². The molecular weight excluding hydrogens is 510 g/mol. The molecule has 3 aromatic heterocycles. The van der Waals surface area contributed by atoms with Gasteiger partial charge in [-0.1, -0.05) is 57.2 Å². The van der Waals surface area contributed by atoms with Crippen LogP contribution < -0.4 is 16.6 Å². The SMILES string of the molecule is CCc1ccc(C(C)(C)c2nnc(C(=O)[C@@H](NC(=O)Cn3c(-c4ccccc4)cnc(N)c3=O)C(C)C)o2)nc1. The van der Waals surface area contributed by atoms with Crippen LogP contribution in [0.2, 0.25) is 0 Å². The van der Waals surface area contributed by atoms with Crippen LogP contribution in [0.3, 0.4) is 0 Å². The number of nitrogens with zero attached hydrogens (tertiary/aromatic N) is 5. The zero-order valence-corrected chi connectivity index (χ0v) is 23.2. The van der Waals surface area contributed by atoms with Crippen molar-refractivity contribution in [1.29, 1.82) is 0 Å².